The zero-order valence-electron chi connectivity index (χ0n) is 8.15. The van der Waals surface area contributed by atoms with Gasteiger partial charge in [-0.1, -0.05) is 25.7 Å². The van der Waals surface area contributed by atoms with Gasteiger partial charge in [0.2, 0.25) is 0 Å². The second kappa shape index (κ2) is 5.58. The number of aliphatic hydroxyl groups is 2. The minimum atomic E-state index is -0.589. The van der Waals surface area contributed by atoms with Crippen LogP contribution in [0.3, 0.4) is 0 Å². The molecule has 0 aromatic heterocycles. The van der Waals surface area contributed by atoms with Gasteiger partial charge in [0.25, 0.3) is 0 Å². The second-order valence-corrected chi connectivity index (χ2v) is 4.12. The Labute approximate surface area is 79.9 Å². The molecule has 78 valence electrons. The molecule has 0 heterocycles. The van der Waals surface area contributed by atoms with E-state index in [-0.39, 0.29) is 6.04 Å². The highest BCUT2D eigenvalue weighted by molar-refractivity contribution is 4.80. The van der Waals surface area contributed by atoms with E-state index in [1.165, 1.54) is 25.7 Å². The molecule has 0 aromatic rings. The minimum Gasteiger partial charge on any atom is -0.390 e. The van der Waals surface area contributed by atoms with E-state index in [2.05, 4.69) is 0 Å². The van der Waals surface area contributed by atoms with Crippen molar-refractivity contribution >= 4 is 0 Å². The van der Waals surface area contributed by atoms with Crippen molar-refractivity contribution < 1.29 is 10.2 Å². The van der Waals surface area contributed by atoms with Gasteiger partial charge in [0.1, 0.15) is 0 Å². The van der Waals surface area contributed by atoms with Gasteiger partial charge in [-0.3, -0.25) is 0 Å². The number of hydrogen-bond donors (Lipinski definition) is 3. The lowest BCUT2D eigenvalue weighted by molar-refractivity contribution is -0.0140. The fourth-order valence-corrected chi connectivity index (χ4v) is 1.41. The molecule has 0 bridgehead atoms. The van der Waals surface area contributed by atoms with E-state index in [0.717, 1.165) is 6.42 Å². The molecule has 0 amide bonds. The van der Waals surface area contributed by atoms with Crippen molar-refractivity contribution in [2.45, 2.75) is 63.2 Å². The molecule has 0 saturated heterocycles. The lowest BCUT2D eigenvalue weighted by atomic mass is 9.91. The van der Waals surface area contributed by atoms with Crippen molar-refractivity contribution in [3.8, 4) is 0 Å². The minimum absolute atomic E-state index is 0.0865. The molecule has 3 atom stereocenters. The van der Waals surface area contributed by atoms with Crippen LogP contribution in [0.2, 0.25) is 0 Å². The van der Waals surface area contributed by atoms with Gasteiger partial charge in [0, 0.05) is 6.04 Å². The van der Waals surface area contributed by atoms with Crippen LogP contribution < -0.4 is 5.73 Å². The van der Waals surface area contributed by atoms with Gasteiger partial charge >= 0.3 is 0 Å². The number of hydrogen-bond acceptors (Lipinski definition) is 3. The molecule has 2 aliphatic carbocycles. The van der Waals surface area contributed by atoms with Crippen molar-refractivity contribution in [1.29, 1.82) is 0 Å². The van der Waals surface area contributed by atoms with Crippen molar-refractivity contribution in [2.24, 2.45) is 5.73 Å². The molecule has 4 N–H and O–H groups in total. The van der Waals surface area contributed by atoms with E-state index in [0.29, 0.717) is 12.8 Å². The molecule has 2 fully saturated rings. The van der Waals surface area contributed by atoms with Gasteiger partial charge < -0.3 is 15.9 Å². The lowest BCUT2D eigenvalue weighted by Gasteiger charge is -2.27. The molecule has 2 rings (SSSR count). The van der Waals surface area contributed by atoms with Crippen molar-refractivity contribution in [1.82, 2.24) is 0 Å². The Kier molecular flexibility index (Phi) is 4.70. The predicted octanol–water partition coefficient (Wildman–Crippen LogP) is 0.780. The highest BCUT2D eigenvalue weighted by Gasteiger charge is 2.24. The Bertz CT molecular complexity index is 133. The van der Waals surface area contributed by atoms with Crippen LogP contribution in [-0.4, -0.2) is 28.5 Å². The molecule has 0 aromatic carbocycles. The van der Waals surface area contributed by atoms with E-state index in [9.17, 15) is 0 Å². The van der Waals surface area contributed by atoms with Gasteiger partial charge in [-0.05, 0) is 19.3 Å². The van der Waals surface area contributed by atoms with Crippen LogP contribution in [0.15, 0.2) is 0 Å². The fourth-order valence-electron chi connectivity index (χ4n) is 1.41. The Morgan fingerprint density at radius 1 is 0.846 bits per heavy atom. The molecule has 3 heteroatoms. The molecular weight excluding hydrogens is 166 g/mol. The summed E-state index contributed by atoms with van der Waals surface area (Å²) in [5.74, 6) is 0. The van der Waals surface area contributed by atoms with Crippen LogP contribution in [0, 0.1) is 0 Å². The molecule has 0 spiro atoms. The van der Waals surface area contributed by atoms with E-state index in [1.807, 2.05) is 0 Å². The van der Waals surface area contributed by atoms with Crippen molar-refractivity contribution in [3.63, 3.8) is 0 Å². The van der Waals surface area contributed by atoms with Crippen LogP contribution in [0.4, 0.5) is 0 Å². The SMILES string of the molecule is C1CCC1.NC1CCC(O)C(O)C1. The molecular formula is C10H21NO2. The van der Waals surface area contributed by atoms with Crippen LogP contribution in [0.25, 0.3) is 0 Å². The summed E-state index contributed by atoms with van der Waals surface area (Å²) in [7, 11) is 0. The lowest BCUT2D eigenvalue weighted by Crippen LogP contribution is -2.39. The Morgan fingerprint density at radius 2 is 1.38 bits per heavy atom. The largest absolute Gasteiger partial charge is 0.390 e. The third-order valence-corrected chi connectivity index (χ3v) is 2.82. The normalized spacial score (nSPS) is 38.5. The summed E-state index contributed by atoms with van der Waals surface area (Å²) >= 11 is 0. The Balaban J connectivity index is 0.000000175. The predicted molar refractivity (Wildman–Crippen MR) is 52.3 cm³/mol. The first-order valence-corrected chi connectivity index (χ1v) is 5.32. The highest BCUT2D eigenvalue weighted by atomic mass is 16.3. The summed E-state index contributed by atoms with van der Waals surface area (Å²) in [5.41, 5.74) is 5.52. The maximum absolute atomic E-state index is 9.02. The van der Waals surface area contributed by atoms with Gasteiger partial charge in [-0.15, -0.1) is 0 Å². The van der Waals surface area contributed by atoms with E-state index < -0.39 is 12.2 Å². The topological polar surface area (TPSA) is 66.5 Å². The number of rotatable bonds is 0. The summed E-state index contributed by atoms with van der Waals surface area (Å²) in [6, 6.07) is 0.0865. The summed E-state index contributed by atoms with van der Waals surface area (Å²) in [4.78, 5) is 0. The first kappa shape index (κ1) is 11.0. The molecule has 3 nitrogen and oxygen atoms in total. The first-order valence-electron chi connectivity index (χ1n) is 5.32. The van der Waals surface area contributed by atoms with E-state index in [4.69, 9.17) is 15.9 Å². The maximum atomic E-state index is 9.02. The standard InChI is InChI=1S/C6H13NO2.C4H8/c7-4-1-2-5(8)6(9)3-4;1-2-4-3-1/h4-6,8-9H,1-3,7H2;1-4H2. The van der Waals surface area contributed by atoms with Gasteiger partial charge in [0.15, 0.2) is 0 Å². The molecule has 0 radical (unpaired) electrons. The maximum Gasteiger partial charge on any atom is 0.0813 e. The summed E-state index contributed by atoms with van der Waals surface area (Å²) in [6.45, 7) is 0. The third-order valence-electron chi connectivity index (χ3n) is 2.82. The fraction of sp³-hybridized carbons (Fsp3) is 1.00. The number of nitrogens with two attached hydrogens (primary N) is 1. The number of aliphatic hydroxyl groups excluding tert-OH is 2. The third kappa shape index (κ3) is 4.07. The van der Waals surface area contributed by atoms with E-state index in [1.54, 1.807) is 0 Å². The molecule has 2 saturated carbocycles. The molecule has 2 aliphatic rings. The quantitative estimate of drug-likeness (QED) is 0.525. The Morgan fingerprint density at radius 3 is 1.69 bits per heavy atom. The van der Waals surface area contributed by atoms with Crippen molar-refractivity contribution in [3.05, 3.63) is 0 Å². The second-order valence-electron chi connectivity index (χ2n) is 4.12. The van der Waals surface area contributed by atoms with Crippen molar-refractivity contribution in [2.75, 3.05) is 0 Å². The van der Waals surface area contributed by atoms with Crippen LogP contribution in [0.5, 0.6) is 0 Å². The average molecular weight is 187 g/mol. The monoisotopic (exact) mass is 187 g/mol. The van der Waals surface area contributed by atoms with Gasteiger partial charge in [-0.25, -0.2) is 0 Å². The van der Waals surface area contributed by atoms with Crippen LogP contribution in [0.1, 0.15) is 44.9 Å². The Hall–Kier alpha value is -0.120. The zero-order valence-corrected chi connectivity index (χ0v) is 8.15. The molecule has 0 aliphatic heterocycles. The smallest absolute Gasteiger partial charge is 0.0813 e. The summed E-state index contributed by atoms with van der Waals surface area (Å²) in [5, 5.41) is 18.0. The molecule has 13 heavy (non-hydrogen) atoms. The van der Waals surface area contributed by atoms with Gasteiger partial charge in [0.05, 0.1) is 12.2 Å². The summed E-state index contributed by atoms with van der Waals surface area (Å²) in [6.07, 6.45) is 6.89. The molecule has 3 unspecified atom stereocenters. The first-order chi connectivity index (χ1) is 6.20. The highest BCUT2D eigenvalue weighted by Crippen LogP contribution is 2.17. The van der Waals surface area contributed by atoms with Crippen LogP contribution in [-0.2, 0) is 0 Å². The summed E-state index contributed by atoms with van der Waals surface area (Å²) < 4.78 is 0. The van der Waals surface area contributed by atoms with Crippen LogP contribution >= 0.6 is 0 Å². The van der Waals surface area contributed by atoms with E-state index >= 15 is 0 Å². The zero-order chi connectivity index (χ0) is 9.68. The average Bonchev–Trinajstić information content (AvgIpc) is 1.94. The van der Waals surface area contributed by atoms with Gasteiger partial charge in [-0.2, -0.15) is 0 Å².